The third-order valence-corrected chi connectivity index (χ3v) is 12.2. The average molecular weight is 729 g/mol. The molecule has 0 unspecified atom stereocenters. The molecule has 10 aromatic rings. The molecule has 0 aliphatic heterocycles. The van der Waals surface area contributed by atoms with E-state index in [0.29, 0.717) is 0 Å². The van der Waals surface area contributed by atoms with E-state index < -0.39 is 0 Å². The van der Waals surface area contributed by atoms with E-state index in [2.05, 4.69) is 230 Å². The van der Waals surface area contributed by atoms with Gasteiger partial charge in [-0.05, 0) is 111 Å². The van der Waals surface area contributed by atoms with Gasteiger partial charge in [0.25, 0.3) is 0 Å². The maximum absolute atomic E-state index is 2.43. The molecule has 57 heavy (non-hydrogen) atoms. The molecule has 1 aromatic heterocycles. The first-order valence-electron chi connectivity index (χ1n) is 19.8. The highest BCUT2D eigenvalue weighted by atomic mass is 15.1. The topological polar surface area (TPSA) is 8.17 Å². The first-order chi connectivity index (χ1) is 28.0. The molecule has 0 radical (unpaired) electrons. The van der Waals surface area contributed by atoms with Crippen LogP contribution in [0.1, 0.15) is 25.0 Å². The molecule has 0 atom stereocenters. The van der Waals surface area contributed by atoms with Gasteiger partial charge >= 0.3 is 0 Å². The summed E-state index contributed by atoms with van der Waals surface area (Å²) in [5.41, 5.74) is 17.2. The van der Waals surface area contributed by atoms with Crippen LogP contribution in [-0.2, 0) is 5.41 Å². The van der Waals surface area contributed by atoms with Gasteiger partial charge in [-0.25, -0.2) is 0 Å². The Bertz CT molecular complexity index is 3130. The largest absolute Gasteiger partial charge is 0.310 e. The van der Waals surface area contributed by atoms with Crippen molar-refractivity contribution in [2.24, 2.45) is 0 Å². The number of rotatable bonds is 6. The molecule has 0 N–H and O–H groups in total. The molecule has 2 nitrogen and oxygen atoms in total. The van der Waals surface area contributed by atoms with Gasteiger partial charge in [0.1, 0.15) is 0 Å². The average Bonchev–Trinajstić information content (AvgIpc) is 3.72. The zero-order valence-corrected chi connectivity index (χ0v) is 32.0. The predicted octanol–water partition coefficient (Wildman–Crippen LogP) is 15.0. The first-order valence-corrected chi connectivity index (χ1v) is 19.8. The molecule has 270 valence electrons. The van der Waals surface area contributed by atoms with Gasteiger partial charge in [-0.3, -0.25) is 0 Å². The van der Waals surface area contributed by atoms with Crippen molar-refractivity contribution in [3.8, 4) is 39.1 Å². The molecule has 9 aromatic carbocycles. The highest BCUT2D eigenvalue weighted by Gasteiger charge is 2.35. The molecular weight excluding hydrogens is 689 g/mol. The van der Waals surface area contributed by atoms with Crippen molar-refractivity contribution in [3.63, 3.8) is 0 Å². The Morgan fingerprint density at radius 1 is 0.386 bits per heavy atom. The molecule has 1 heterocycles. The third kappa shape index (κ3) is 5.33. The maximum atomic E-state index is 2.43. The van der Waals surface area contributed by atoms with E-state index >= 15 is 0 Å². The number of aromatic nitrogens is 1. The van der Waals surface area contributed by atoms with Gasteiger partial charge in [0, 0.05) is 38.6 Å². The molecule has 0 bridgehead atoms. The van der Waals surface area contributed by atoms with Gasteiger partial charge in [-0.15, -0.1) is 0 Å². The summed E-state index contributed by atoms with van der Waals surface area (Å²) >= 11 is 0. The van der Waals surface area contributed by atoms with Gasteiger partial charge in [0.05, 0.1) is 16.7 Å². The standard InChI is InChI=1S/C55H40N2/c1-55(2)50-20-10-8-18-46(50)47-33-32-44(36-51(47)55)56(52-22-12-14-40-13-6-7-17-45(40)52)43-30-27-38(28-31-43)37-23-25-39(26-24-37)41-29-34-54-49(35-41)48-19-9-11-21-53(48)57(54)42-15-4-3-5-16-42/h3-36H,1-2H3. The number of benzene rings is 9. The van der Waals surface area contributed by atoms with E-state index in [0.717, 1.165) is 11.4 Å². The quantitative estimate of drug-likeness (QED) is 0.165. The summed E-state index contributed by atoms with van der Waals surface area (Å²) in [5, 5.41) is 4.98. The zero-order valence-electron chi connectivity index (χ0n) is 32.0. The van der Waals surface area contributed by atoms with Crippen molar-refractivity contribution < 1.29 is 0 Å². The van der Waals surface area contributed by atoms with Crippen molar-refractivity contribution in [2.45, 2.75) is 19.3 Å². The second-order valence-corrected chi connectivity index (χ2v) is 15.8. The van der Waals surface area contributed by atoms with Crippen LogP contribution in [0.4, 0.5) is 17.1 Å². The van der Waals surface area contributed by atoms with Crippen molar-refractivity contribution in [1.82, 2.24) is 4.57 Å². The lowest BCUT2D eigenvalue weighted by molar-refractivity contribution is 0.660. The fourth-order valence-electron chi connectivity index (χ4n) is 9.33. The third-order valence-electron chi connectivity index (χ3n) is 12.2. The zero-order chi connectivity index (χ0) is 38.1. The first kappa shape index (κ1) is 33.2. The van der Waals surface area contributed by atoms with Crippen LogP contribution in [0, 0.1) is 0 Å². The molecule has 0 spiro atoms. The van der Waals surface area contributed by atoms with Gasteiger partial charge in [0.15, 0.2) is 0 Å². The second-order valence-electron chi connectivity index (χ2n) is 15.8. The molecule has 0 saturated carbocycles. The monoisotopic (exact) mass is 728 g/mol. The van der Waals surface area contributed by atoms with Crippen LogP contribution in [0.2, 0.25) is 0 Å². The van der Waals surface area contributed by atoms with E-state index in [4.69, 9.17) is 0 Å². The van der Waals surface area contributed by atoms with E-state index in [1.54, 1.807) is 0 Å². The van der Waals surface area contributed by atoms with E-state index in [9.17, 15) is 0 Å². The van der Waals surface area contributed by atoms with Crippen LogP contribution in [0.25, 0.3) is 71.6 Å². The Labute approximate surface area is 333 Å². The Morgan fingerprint density at radius 2 is 0.965 bits per heavy atom. The van der Waals surface area contributed by atoms with Crippen molar-refractivity contribution in [3.05, 3.63) is 217 Å². The number of nitrogens with zero attached hydrogens (tertiary/aromatic N) is 2. The van der Waals surface area contributed by atoms with E-state index in [1.807, 2.05) is 0 Å². The van der Waals surface area contributed by atoms with Crippen LogP contribution in [0.5, 0.6) is 0 Å². The minimum atomic E-state index is -0.0881. The van der Waals surface area contributed by atoms with Crippen molar-refractivity contribution in [1.29, 1.82) is 0 Å². The summed E-state index contributed by atoms with van der Waals surface area (Å²) in [6.07, 6.45) is 0. The Kier molecular flexibility index (Phi) is 7.55. The summed E-state index contributed by atoms with van der Waals surface area (Å²) in [5.74, 6) is 0. The van der Waals surface area contributed by atoms with Gasteiger partial charge in [0.2, 0.25) is 0 Å². The van der Waals surface area contributed by atoms with E-state index in [-0.39, 0.29) is 5.41 Å². The fraction of sp³-hybridized carbons (Fsp3) is 0.0545. The molecular formula is C55H40N2. The van der Waals surface area contributed by atoms with Gasteiger partial charge in [-0.1, -0.05) is 159 Å². The lowest BCUT2D eigenvalue weighted by Gasteiger charge is -2.29. The number of hydrogen-bond acceptors (Lipinski definition) is 1. The van der Waals surface area contributed by atoms with Crippen LogP contribution in [-0.4, -0.2) is 4.57 Å². The molecule has 11 rings (SSSR count). The predicted molar refractivity (Wildman–Crippen MR) is 241 cm³/mol. The molecule has 0 amide bonds. The summed E-state index contributed by atoms with van der Waals surface area (Å²) in [6, 6.07) is 75.6. The molecule has 0 saturated heterocycles. The molecule has 0 fully saturated rings. The lowest BCUT2D eigenvalue weighted by atomic mass is 9.82. The highest BCUT2D eigenvalue weighted by molar-refractivity contribution is 6.10. The molecule has 1 aliphatic rings. The number of hydrogen-bond donors (Lipinski definition) is 0. The Morgan fingerprint density at radius 3 is 1.77 bits per heavy atom. The van der Waals surface area contributed by atoms with Crippen LogP contribution >= 0.6 is 0 Å². The number of anilines is 3. The fourth-order valence-corrected chi connectivity index (χ4v) is 9.33. The van der Waals surface area contributed by atoms with Crippen molar-refractivity contribution >= 4 is 49.6 Å². The number of fused-ring (bicyclic) bond motifs is 7. The summed E-state index contributed by atoms with van der Waals surface area (Å²) in [7, 11) is 0. The maximum Gasteiger partial charge on any atom is 0.0541 e. The highest BCUT2D eigenvalue weighted by Crippen LogP contribution is 2.51. The van der Waals surface area contributed by atoms with Crippen LogP contribution in [0.15, 0.2) is 206 Å². The number of para-hydroxylation sites is 2. The summed E-state index contributed by atoms with van der Waals surface area (Å²) in [6.45, 7) is 4.71. The Hall–Kier alpha value is -7.16. The summed E-state index contributed by atoms with van der Waals surface area (Å²) in [4.78, 5) is 2.43. The Balaban J connectivity index is 0.954. The van der Waals surface area contributed by atoms with E-state index in [1.165, 1.54) is 88.5 Å². The minimum absolute atomic E-state index is 0.0881. The van der Waals surface area contributed by atoms with Crippen molar-refractivity contribution in [2.75, 3.05) is 4.90 Å². The van der Waals surface area contributed by atoms with Gasteiger partial charge in [-0.2, -0.15) is 0 Å². The normalized spacial score (nSPS) is 12.9. The van der Waals surface area contributed by atoms with Gasteiger partial charge < -0.3 is 9.47 Å². The lowest BCUT2D eigenvalue weighted by Crippen LogP contribution is -2.16. The molecule has 1 aliphatic carbocycles. The molecule has 2 heteroatoms. The second kappa shape index (κ2) is 13.0. The minimum Gasteiger partial charge on any atom is -0.310 e. The van der Waals surface area contributed by atoms with Crippen LogP contribution in [0.3, 0.4) is 0 Å². The van der Waals surface area contributed by atoms with Crippen LogP contribution < -0.4 is 4.90 Å². The summed E-state index contributed by atoms with van der Waals surface area (Å²) < 4.78 is 2.37. The SMILES string of the molecule is CC1(C)c2ccccc2-c2ccc(N(c3ccc(-c4ccc(-c5ccc6c(c5)c5ccccc5n6-c5ccccc5)cc4)cc3)c3cccc4ccccc34)cc21. The smallest absolute Gasteiger partial charge is 0.0541 e.